The first kappa shape index (κ1) is 15.5. The second-order valence-electron chi connectivity index (χ2n) is 4.78. The van der Waals surface area contributed by atoms with Gasteiger partial charge in [-0.15, -0.1) is 0 Å². The predicted octanol–water partition coefficient (Wildman–Crippen LogP) is 2.67. The molecule has 0 heterocycles. The Bertz CT molecular complexity index is 96.8. The Labute approximate surface area is 86.7 Å². The first-order valence-corrected chi connectivity index (χ1v) is 5.36. The van der Waals surface area contributed by atoms with Crippen LogP contribution >= 0.6 is 0 Å². The van der Waals surface area contributed by atoms with Gasteiger partial charge in [0.25, 0.3) is 0 Å². The number of nitrogens with zero attached hydrogens (tertiary/aromatic N) is 1. The van der Waals surface area contributed by atoms with Crippen molar-refractivity contribution in [1.29, 1.82) is 0 Å². The topological polar surface area (TPSA) is 0 Å². The van der Waals surface area contributed by atoms with Crippen molar-refractivity contribution in [2.24, 2.45) is 0 Å². The van der Waals surface area contributed by atoms with E-state index in [0.717, 1.165) is 4.48 Å². The van der Waals surface area contributed by atoms with Gasteiger partial charge in [0, 0.05) is 8.41 Å². The van der Waals surface area contributed by atoms with Crippen LogP contribution in [0, 0.1) is 0 Å². The monoisotopic (exact) mass is 183 g/mol. The smallest absolute Gasteiger partial charge is 0.0780 e. The van der Waals surface area contributed by atoms with Crippen LogP contribution in [-0.2, 0) is 0 Å². The third-order valence-electron chi connectivity index (χ3n) is 2.18. The zero-order chi connectivity index (χ0) is 9.45. The molecule has 0 aliphatic heterocycles. The number of hydrogen-bond donors (Lipinski definition) is 0. The molecule has 0 saturated carbocycles. The standard InChI is InChI=1S/C11H26N.B/c1-5-6-7-8-9-10-11-12(2,3)4;/h5-11H2,1-4H3;/q+1;. The summed E-state index contributed by atoms with van der Waals surface area (Å²) in [5.41, 5.74) is 0. The molecule has 0 amide bonds. The Morgan fingerprint density at radius 1 is 0.769 bits per heavy atom. The van der Waals surface area contributed by atoms with Crippen molar-refractivity contribution >= 4 is 8.41 Å². The second-order valence-corrected chi connectivity index (χ2v) is 4.78. The lowest BCUT2D eigenvalue weighted by atomic mass is 10.1. The summed E-state index contributed by atoms with van der Waals surface area (Å²) in [6, 6.07) is 0. The van der Waals surface area contributed by atoms with Crippen molar-refractivity contribution in [3.8, 4) is 0 Å². The van der Waals surface area contributed by atoms with Gasteiger partial charge in [-0.05, 0) is 12.8 Å². The number of rotatable bonds is 7. The van der Waals surface area contributed by atoms with E-state index in [1.54, 1.807) is 0 Å². The Kier molecular flexibility index (Phi) is 10.3. The van der Waals surface area contributed by atoms with E-state index >= 15 is 0 Å². The van der Waals surface area contributed by atoms with Crippen LogP contribution in [-0.4, -0.2) is 40.6 Å². The van der Waals surface area contributed by atoms with Crippen LogP contribution in [0.3, 0.4) is 0 Å². The highest BCUT2D eigenvalue weighted by molar-refractivity contribution is 5.75. The number of unbranched alkanes of at least 4 members (excludes halogenated alkanes) is 5. The normalized spacial score (nSPS) is 11.1. The Hall–Kier alpha value is 0.0249. The summed E-state index contributed by atoms with van der Waals surface area (Å²) in [5, 5.41) is 0. The van der Waals surface area contributed by atoms with E-state index in [4.69, 9.17) is 0 Å². The van der Waals surface area contributed by atoms with Gasteiger partial charge in [-0.3, -0.25) is 0 Å². The lowest BCUT2D eigenvalue weighted by molar-refractivity contribution is -0.870. The molecule has 0 bridgehead atoms. The molecule has 77 valence electrons. The summed E-state index contributed by atoms with van der Waals surface area (Å²) in [7, 11) is 6.81. The molecule has 0 aromatic carbocycles. The summed E-state index contributed by atoms with van der Waals surface area (Å²) < 4.78 is 1.12. The van der Waals surface area contributed by atoms with Gasteiger partial charge < -0.3 is 4.48 Å². The minimum absolute atomic E-state index is 0. The molecule has 0 spiro atoms. The summed E-state index contributed by atoms with van der Waals surface area (Å²) in [5.74, 6) is 0. The maximum atomic E-state index is 2.27. The van der Waals surface area contributed by atoms with Crippen LogP contribution in [0.15, 0.2) is 0 Å². The summed E-state index contributed by atoms with van der Waals surface area (Å²) >= 11 is 0. The van der Waals surface area contributed by atoms with Gasteiger partial charge in [0.05, 0.1) is 27.7 Å². The van der Waals surface area contributed by atoms with Crippen molar-refractivity contribution in [3.63, 3.8) is 0 Å². The van der Waals surface area contributed by atoms with Crippen LogP contribution in [0.2, 0.25) is 0 Å². The van der Waals surface area contributed by atoms with E-state index in [1.807, 2.05) is 0 Å². The van der Waals surface area contributed by atoms with Gasteiger partial charge in [-0.2, -0.15) is 0 Å². The minimum Gasteiger partial charge on any atom is -0.331 e. The highest BCUT2D eigenvalue weighted by Crippen LogP contribution is 2.06. The molecular weight excluding hydrogens is 157 g/mol. The molecule has 0 rings (SSSR count). The Morgan fingerprint density at radius 2 is 1.23 bits per heavy atom. The van der Waals surface area contributed by atoms with Crippen molar-refractivity contribution < 1.29 is 4.48 Å². The zero-order valence-corrected chi connectivity index (χ0v) is 9.97. The first-order valence-electron chi connectivity index (χ1n) is 5.36. The zero-order valence-electron chi connectivity index (χ0n) is 9.97. The van der Waals surface area contributed by atoms with Crippen LogP contribution < -0.4 is 0 Å². The van der Waals surface area contributed by atoms with Gasteiger partial charge in [-0.1, -0.05) is 32.6 Å². The molecule has 1 nitrogen and oxygen atoms in total. The molecule has 3 radical (unpaired) electrons. The van der Waals surface area contributed by atoms with E-state index in [9.17, 15) is 0 Å². The molecule has 13 heavy (non-hydrogen) atoms. The third kappa shape index (κ3) is 14.8. The van der Waals surface area contributed by atoms with Gasteiger partial charge >= 0.3 is 0 Å². The van der Waals surface area contributed by atoms with Crippen LogP contribution in [0.25, 0.3) is 0 Å². The molecule has 0 unspecified atom stereocenters. The van der Waals surface area contributed by atoms with E-state index in [2.05, 4.69) is 28.1 Å². The second kappa shape index (κ2) is 8.62. The number of quaternary nitrogens is 1. The highest BCUT2D eigenvalue weighted by Gasteiger charge is 2.04. The maximum Gasteiger partial charge on any atom is 0.0780 e. The Morgan fingerprint density at radius 3 is 1.69 bits per heavy atom. The quantitative estimate of drug-likeness (QED) is 0.323. The lowest BCUT2D eigenvalue weighted by Gasteiger charge is -2.23. The maximum absolute atomic E-state index is 2.27. The molecule has 2 heteroatoms. The van der Waals surface area contributed by atoms with Crippen molar-refractivity contribution in [2.45, 2.75) is 45.4 Å². The fourth-order valence-corrected chi connectivity index (χ4v) is 1.37. The fourth-order valence-electron chi connectivity index (χ4n) is 1.37. The van der Waals surface area contributed by atoms with Gasteiger partial charge in [0.2, 0.25) is 0 Å². The average molecular weight is 183 g/mol. The lowest BCUT2D eigenvalue weighted by Crippen LogP contribution is -2.35. The van der Waals surface area contributed by atoms with Crippen LogP contribution in [0.4, 0.5) is 0 Å². The largest absolute Gasteiger partial charge is 0.331 e. The molecule has 0 fully saturated rings. The molecule has 0 aliphatic carbocycles. The highest BCUT2D eigenvalue weighted by atomic mass is 15.3. The molecule has 0 atom stereocenters. The number of hydrogen-bond acceptors (Lipinski definition) is 0. The van der Waals surface area contributed by atoms with Crippen molar-refractivity contribution in [1.82, 2.24) is 0 Å². The molecule has 0 aromatic rings. The average Bonchev–Trinajstić information content (AvgIpc) is 1.94. The molecule has 0 aromatic heterocycles. The van der Waals surface area contributed by atoms with Crippen molar-refractivity contribution in [3.05, 3.63) is 0 Å². The third-order valence-corrected chi connectivity index (χ3v) is 2.18. The van der Waals surface area contributed by atoms with Gasteiger partial charge in [0.1, 0.15) is 0 Å². The van der Waals surface area contributed by atoms with Crippen LogP contribution in [0.5, 0.6) is 0 Å². The summed E-state index contributed by atoms with van der Waals surface area (Å²) in [6.07, 6.45) is 8.48. The van der Waals surface area contributed by atoms with E-state index < -0.39 is 0 Å². The molecule has 0 N–H and O–H groups in total. The summed E-state index contributed by atoms with van der Waals surface area (Å²) in [4.78, 5) is 0. The van der Waals surface area contributed by atoms with E-state index in [1.165, 1.54) is 45.1 Å². The SMILES string of the molecule is CCCCCCCC[N+](C)(C)C.[B]. The van der Waals surface area contributed by atoms with Crippen LogP contribution in [0.1, 0.15) is 45.4 Å². The van der Waals surface area contributed by atoms with Crippen molar-refractivity contribution in [2.75, 3.05) is 27.7 Å². The Balaban J connectivity index is 0. The van der Waals surface area contributed by atoms with Gasteiger partial charge in [-0.25, -0.2) is 0 Å². The van der Waals surface area contributed by atoms with E-state index in [0.29, 0.717) is 0 Å². The first-order chi connectivity index (χ1) is 5.56. The molecular formula is C11H26BN+. The minimum atomic E-state index is 0. The molecule has 0 saturated heterocycles. The van der Waals surface area contributed by atoms with Gasteiger partial charge in [0.15, 0.2) is 0 Å². The predicted molar refractivity (Wildman–Crippen MR) is 62.0 cm³/mol. The van der Waals surface area contributed by atoms with E-state index in [-0.39, 0.29) is 8.41 Å². The summed E-state index contributed by atoms with van der Waals surface area (Å²) in [6.45, 7) is 3.60. The molecule has 0 aliphatic rings. The fraction of sp³-hybridized carbons (Fsp3) is 1.00.